The number of aromatic nitrogens is 2. The van der Waals surface area contributed by atoms with Crippen LogP contribution in [-0.4, -0.2) is 17.1 Å². The molecular weight excluding hydrogens is 328 g/mol. The molecule has 4 N–H and O–H groups in total. The highest BCUT2D eigenvalue weighted by Crippen LogP contribution is 2.24. The van der Waals surface area contributed by atoms with E-state index in [-0.39, 0.29) is 17.5 Å². The molecule has 0 saturated carbocycles. The summed E-state index contributed by atoms with van der Waals surface area (Å²) in [6, 6.07) is 11.1. The van der Waals surface area contributed by atoms with E-state index in [9.17, 15) is 8.78 Å². The highest BCUT2D eigenvalue weighted by Gasteiger charge is 2.09. The monoisotopic (exact) mass is 343 g/mol. The predicted octanol–water partition coefficient (Wildman–Crippen LogP) is 3.83. The maximum Gasteiger partial charge on any atom is 0.229 e. The molecule has 0 spiro atoms. The van der Waals surface area contributed by atoms with Crippen molar-refractivity contribution in [1.82, 2.24) is 9.97 Å². The van der Waals surface area contributed by atoms with Gasteiger partial charge in [-0.3, -0.25) is 0 Å². The molecule has 0 aliphatic carbocycles. The van der Waals surface area contributed by atoms with E-state index in [1.165, 1.54) is 19.2 Å². The number of benzene rings is 2. The van der Waals surface area contributed by atoms with Crippen LogP contribution >= 0.6 is 0 Å². The molecule has 0 bridgehead atoms. The number of halogens is 2. The minimum Gasteiger partial charge on any atom is -0.494 e. The van der Waals surface area contributed by atoms with E-state index in [0.29, 0.717) is 17.1 Å². The minimum absolute atomic E-state index is 0.0305. The Labute approximate surface area is 142 Å². The van der Waals surface area contributed by atoms with E-state index >= 15 is 0 Å². The van der Waals surface area contributed by atoms with Crippen LogP contribution < -0.4 is 21.1 Å². The van der Waals surface area contributed by atoms with E-state index in [2.05, 4.69) is 20.6 Å². The van der Waals surface area contributed by atoms with Crippen molar-refractivity contribution in [3.05, 3.63) is 60.3 Å². The van der Waals surface area contributed by atoms with Crippen molar-refractivity contribution in [1.29, 1.82) is 0 Å². The van der Waals surface area contributed by atoms with Crippen LogP contribution in [0.4, 0.5) is 37.6 Å². The quantitative estimate of drug-likeness (QED) is 0.611. The fourth-order valence-electron chi connectivity index (χ4n) is 2.14. The molecular formula is C17H15F2N5O. The molecule has 1 heterocycles. The summed E-state index contributed by atoms with van der Waals surface area (Å²) >= 11 is 0. The molecule has 2 aromatic carbocycles. The first-order valence-electron chi connectivity index (χ1n) is 7.31. The molecule has 0 unspecified atom stereocenters. The Morgan fingerprint density at radius 1 is 1.00 bits per heavy atom. The van der Waals surface area contributed by atoms with Crippen molar-refractivity contribution < 1.29 is 13.5 Å². The van der Waals surface area contributed by atoms with Crippen LogP contribution in [-0.2, 0) is 0 Å². The van der Waals surface area contributed by atoms with Gasteiger partial charge in [-0.15, -0.1) is 0 Å². The molecule has 0 aliphatic heterocycles. The third-order valence-electron chi connectivity index (χ3n) is 3.30. The Balaban J connectivity index is 1.82. The van der Waals surface area contributed by atoms with Gasteiger partial charge in [0.2, 0.25) is 5.95 Å². The molecule has 0 radical (unpaired) electrons. The lowest BCUT2D eigenvalue weighted by Crippen LogP contribution is -2.03. The van der Waals surface area contributed by atoms with Gasteiger partial charge in [0.15, 0.2) is 23.2 Å². The molecule has 6 nitrogen and oxygen atoms in total. The molecule has 0 atom stereocenters. The van der Waals surface area contributed by atoms with Gasteiger partial charge in [0.1, 0.15) is 0 Å². The molecule has 0 saturated heterocycles. The zero-order valence-corrected chi connectivity index (χ0v) is 13.3. The van der Waals surface area contributed by atoms with E-state index in [1.807, 2.05) is 0 Å². The standard InChI is InChI=1S/C17H15F2N5O/c1-25-15-6-5-12(8-13(15)18)23-17-21-9-14(19)16(24-17)22-11-4-2-3-10(20)7-11/h2-9H,20H2,1H3,(H2,21,22,23,24). The topological polar surface area (TPSA) is 85.1 Å². The van der Waals surface area contributed by atoms with Gasteiger partial charge in [-0.1, -0.05) is 6.07 Å². The fourth-order valence-corrected chi connectivity index (χ4v) is 2.14. The van der Waals surface area contributed by atoms with Crippen LogP contribution in [0.3, 0.4) is 0 Å². The third-order valence-corrected chi connectivity index (χ3v) is 3.30. The van der Waals surface area contributed by atoms with E-state index < -0.39 is 11.6 Å². The summed E-state index contributed by atoms with van der Waals surface area (Å²) in [6.45, 7) is 0. The third kappa shape index (κ3) is 3.92. The van der Waals surface area contributed by atoms with Crippen LogP contribution in [0, 0.1) is 11.6 Å². The Bertz CT molecular complexity index is 904. The van der Waals surface area contributed by atoms with Crippen molar-refractivity contribution in [2.75, 3.05) is 23.5 Å². The highest BCUT2D eigenvalue weighted by molar-refractivity contribution is 5.63. The number of anilines is 5. The maximum atomic E-state index is 13.9. The number of nitrogen functional groups attached to an aromatic ring is 1. The predicted molar refractivity (Wildman–Crippen MR) is 92.4 cm³/mol. The summed E-state index contributed by atoms with van der Waals surface area (Å²) in [5.74, 6) is -0.967. The smallest absolute Gasteiger partial charge is 0.229 e. The van der Waals surface area contributed by atoms with Crippen molar-refractivity contribution in [2.24, 2.45) is 0 Å². The van der Waals surface area contributed by atoms with Crippen LogP contribution in [0.1, 0.15) is 0 Å². The van der Waals surface area contributed by atoms with Gasteiger partial charge < -0.3 is 21.1 Å². The van der Waals surface area contributed by atoms with Crippen LogP contribution in [0.15, 0.2) is 48.7 Å². The van der Waals surface area contributed by atoms with Crippen molar-refractivity contribution >= 4 is 28.8 Å². The number of nitrogens with one attached hydrogen (secondary N) is 2. The molecule has 128 valence electrons. The Morgan fingerprint density at radius 2 is 1.80 bits per heavy atom. The molecule has 0 amide bonds. The molecule has 25 heavy (non-hydrogen) atoms. The molecule has 0 aliphatic rings. The summed E-state index contributed by atoms with van der Waals surface area (Å²) in [5, 5.41) is 5.64. The zero-order valence-electron chi connectivity index (χ0n) is 13.3. The average molecular weight is 343 g/mol. The number of methoxy groups -OCH3 is 1. The largest absolute Gasteiger partial charge is 0.494 e. The summed E-state index contributed by atoms with van der Waals surface area (Å²) < 4.78 is 32.5. The average Bonchev–Trinajstić information content (AvgIpc) is 2.58. The second-order valence-electron chi connectivity index (χ2n) is 5.11. The highest BCUT2D eigenvalue weighted by atomic mass is 19.1. The minimum atomic E-state index is -0.631. The first-order valence-corrected chi connectivity index (χ1v) is 7.31. The molecule has 3 aromatic rings. The molecule has 3 rings (SSSR count). The van der Waals surface area contributed by atoms with Gasteiger partial charge in [-0.2, -0.15) is 4.98 Å². The summed E-state index contributed by atoms with van der Waals surface area (Å²) in [4.78, 5) is 7.91. The SMILES string of the molecule is COc1ccc(Nc2ncc(F)c(Nc3cccc(N)c3)n2)cc1F. The van der Waals surface area contributed by atoms with Gasteiger partial charge in [-0.05, 0) is 30.3 Å². The lowest BCUT2D eigenvalue weighted by Gasteiger charge is -2.10. The van der Waals surface area contributed by atoms with Crippen molar-refractivity contribution in [3.63, 3.8) is 0 Å². The molecule has 0 fully saturated rings. The van der Waals surface area contributed by atoms with Gasteiger partial charge in [0.05, 0.1) is 13.3 Å². The van der Waals surface area contributed by atoms with Crippen LogP contribution in [0.5, 0.6) is 5.75 Å². The van der Waals surface area contributed by atoms with Crippen molar-refractivity contribution in [2.45, 2.75) is 0 Å². The summed E-state index contributed by atoms with van der Waals surface area (Å²) in [7, 11) is 1.38. The number of ether oxygens (including phenoxy) is 1. The van der Waals surface area contributed by atoms with Crippen LogP contribution in [0.25, 0.3) is 0 Å². The number of nitrogens with two attached hydrogens (primary N) is 1. The Morgan fingerprint density at radius 3 is 2.52 bits per heavy atom. The first-order chi connectivity index (χ1) is 12.0. The Kier molecular flexibility index (Phi) is 4.60. The number of hydrogen-bond acceptors (Lipinski definition) is 6. The normalized spacial score (nSPS) is 10.4. The summed E-state index contributed by atoms with van der Waals surface area (Å²) in [5.41, 5.74) is 7.21. The first kappa shape index (κ1) is 16.4. The van der Waals surface area contributed by atoms with E-state index in [1.54, 1.807) is 30.3 Å². The second kappa shape index (κ2) is 7.00. The zero-order chi connectivity index (χ0) is 17.8. The van der Waals surface area contributed by atoms with Gasteiger partial charge >= 0.3 is 0 Å². The summed E-state index contributed by atoms with van der Waals surface area (Å²) in [6.07, 6.45) is 1.02. The van der Waals surface area contributed by atoms with E-state index in [4.69, 9.17) is 10.5 Å². The number of nitrogens with zero attached hydrogens (tertiary/aromatic N) is 2. The second-order valence-corrected chi connectivity index (χ2v) is 5.11. The van der Waals surface area contributed by atoms with Gasteiger partial charge in [-0.25, -0.2) is 13.8 Å². The molecule has 8 heteroatoms. The fraction of sp³-hybridized carbons (Fsp3) is 0.0588. The van der Waals surface area contributed by atoms with E-state index in [0.717, 1.165) is 6.20 Å². The Hall–Kier alpha value is -3.42. The molecule has 1 aromatic heterocycles. The van der Waals surface area contributed by atoms with Crippen molar-refractivity contribution in [3.8, 4) is 5.75 Å². The van der Waals surface area contributed by atoms with Gasteiger partial charge in [0.25, 0.3) is 0 Å². The number of rotatable bonds is 5. The van der Waals surface area contributed by atoms with Crippen LogP contribution in [0.2, 0.25) is 0 Å². The lowest BCUT2D eigenvalue weighted by molar-refractivity contribution is 0.386. The van der Waals surface area contributed by atoms with Gasteiger partial charge in [0, 0.05) is 23.1 Å². The number of hydrogen-bond donors (Lipinski definition) is 3. The lowest BCUT2D eigenvalue weighted by atomic mass is 10.3. The maximum absolute atomic E-state index is 13.9.